The molecule has 0 radical (unpaired) electrons. The number of carbonyl (C=O) groups is 1. The molecule has 2 atom stereocenters. The van der Waals surface area contributed by atoms with Crippen molar-refractivity contribution in [2.45, 2.75) is 251 Å². The number of nitrogens with one attached hydrogen (secondary N) is 1. The molecule has 0 fully saturated rings. The quantitative estimate of drug-likeness (QED) is 0.0421. The van der Waals surface area contributed by atoms with E-state index in [1.807, 2.05) is 6.08 Å². The lowest BCUT2D eigenvalue weighted by atomic mass is 10.0. The van der Waals surface area contributed by atoms with Crippen LogP contribution in [0.15, 0.2) is 109 Å². The van der Waals surface area contributed by atoms with E-state index in [9.17, 15) is 15.0 Å². The highest BCUT2D eigenvalue weighted by molar-refractivity contribution is 5.76. The van der Waals surface area contributed by atoms with Crippen LogP contribution >= 0.6 is 0 Å². The van der Waals surface area contributed by atoms with Crippen LogP contribution in [0.4, 0.5) is 0 Å². The number of rotatable bonds is 47. The van der Waals surface area contributed by atoms with Crippen LogP contribution in [0.3, 0.4) is 0 Å². The second kappa shape index (κ2) is 53.4. The molecule has 0 bridgehead atoms. The summed E-state index contributed by atoms with van der Waals surface area (Å²) in [6.07, 6.45) is 80.8. The molecule has 0 saturated heterocycles. The number of hydrogen-bond donors (Lipinski definition) is 3. The van der Waals surface area contributed by atoms with Crippen LogP contribution in [0.1, 0.15) is 239 Å². The van der Waals surface area contributed by atoms with Crippen molar-refractivity contribution in [1.82, 2.24) is 5.32 Å². The molecule has 4 heteroatoms. The normalized spacial score (nSPS) is 13.8. The predicted octanol–water partition coefficient (Wildman–Crippen LogP) is 17.5. The fraction of sp³-hybridized carbons (Fsp3) is 0.678. The number of unbranched alkanes of at least 4 members (excludes halogenated alkanes) is 24. The van der Waals surface area contributed by atoms with Gasteiger partial charge in [0, 0.05) is 6.42 Å². The molecule has 0 aliphatic heterocycles. The molecule has 0 aromatic heterocycles. The standard InChI is InChI=1S/C59H101NO3/c1-3-5-7-9-11-13-15-17-19-21-23-25-27-29-30-31-33-35-37-39-41-43-45-47-49-51-53-55-59(63)60-57(56-61)58(62)54-52-50-48-46-44-42-40-38-36-34-32-28-26-24-22-20-18-16-14-12-10-8-6-4-2/h5,7,11,13,17,19,23,25,29-30,33,35-36,38,44,46,52,54,57-58,61-62H,3-4,6,8-10,12,14-16,18,20-22,24,26-28,31-32,34,37,39-43,45,47-51,53,55-56H2,1-2H3,(H,60,63)/b7-5-,13-11-,19-17-,25-23-,30-29-,35-33-,38-36+,46-44+,54-52+. The summed E-state index contributed by atoms with van der Waals surface area (Å²) in [6, 6.07) is -0.659. The van der Waals surface area contributed by atoms with Gasteiger partial charge in [0.1, 0.15) is 0 Å². The molecule has 0 spiro atoms. The van der Waals surface area contributed by atoms with Crippen LogP contribution in [0.5, 0.6) is 0 Å². The largest absolute Gasteiger partial charge is 0.394 e. The van der Waals surface area contributed by atoms with Crippen LogP contribution < -0.4 is 5.32 Å². The molecule has 63 heavy (non-hydrogen) atoms. The summed E-state index contributed by atoms with van der Waals surface area (Å²) in [4.78, 5) is 12.5. The van der Waals surface area contributed by atoms with Gasteiger partial charge >= 0.3 is 0 Å². The summed E-state index contributed by atoms with van der Waals surface area (Å²) >= 11 is 0. The average Bonchev–Trinajstić information content (AvgIpc) is 3.29. The Hall–Kier alpha value is -2.95. The van der Waals surface area contributed by atoms with Gasteiger partial charge in [0.2, 0.25) is 5.91 Å². The molecule has 0 saturated carbocycles. The van der Waals surface area contributed by atoms with Crippen molar-refractivity contribution in [3.05, 3.63) is 109 Å². The van der Waals surface area contributed by atoms with Gasteiger partial charge in [0.05, 0.1) is 18.8 Å². The van der Waals surface area contributed by atoms with E-state index < -0.39 is 12.1 Å². The molecular weight excluding hydrogens is 771 g/mol. The lowest BCUT2D eigenvalue weighted by Crippen LogP contribution is -2.45. The Labute approximate surface area is 391 Å². The maximum Gasteiger partial charge on any atom is 0.220 e. The van der Waals surface area contributed by atoms with E-state index in [0.29, 0.717) is 6.42 Å². The highest BCUT2D eigenvalue weighted by Gasteiger charge is 2.17. The van der Waals surface area contributed by atoms with Crippen LogP contribution in [-0.4, -0.2) is 34.9 Å². The van der Waals surface area contributed by atoms with Gasteiger partial charge in [-0.25, -0.2) is 0 Å². The first kappa shape index (κ1) is 60.1. The van der Waals surface area contributed by atoms with E-state index in [1.165, 1.54) is 128 Å². The number of carbonyl (C=O) groups excluding carboxylic acids is 1. The van der Waals surface area contributed by atoms with E-state index in [4.69, 9.17) is 0 Å². The van der Waals surface area contributed by atoms with Crippen LogP contribution in [-0.2, 0) is 4.79 Å². The predicted molar refractivity (Wildman–Crippen MR) is 280 cm³/mol. The highest BCUT2D eigenvalue weighted by atomic mass is 16.3. The van der Waals surface area contributed by atoms with E-state index in [1.54, 1.807) is 6.08 Å². The van der Waals surface area contributed by atoms with Crippen molar-refractivity contribution < 1.29 is 15.0 Å². The fourth-order valence-corrected chi connectivity index (χ4v) is 7.45. The Morgan fingerprint density at radius 1 is 0.397 bits per heavy atom. The van der Waals surface area contributed by atoms with Gasteiger partial charge in [-0.05, 0) is 96.3 Å². The smallest absolute Gasteiger partial charge is 0.220 e. The molecule has 0 aliphatic carbocycles. The van der Waals surface area contributed by atoms with Crippen LogP contribution in [0.2, 0.25) is 0 Å². The molecular formula is C59H101NO3. The second-order valence-corrected chi connectivity index (χ2v) is 17.5. The molecule has 0 rings (SSSR count). The SMILES string of the molecule is CC/C=C\C/C=C\C/C=C\C/C=C\C/C=C\C/C=C\CCCCCCCCCCC(=O)NC(CO)C(O)/C=C/CC/C=C/CC/C=C/CCCCCCCCCCCCCCCC. The van der Waals surface area contributed by atoms with Gasteiger partial charge < -0.3 is 15.5 Å². The number of amides is 1. The Bertz CT molecular complexity index is 1220. The van der Waals surface area contributed by atoms with Crippen molar-refractivity contribution in [3.63, 3.8) is 0 Å². The van der Waals surface area contributed by atoms with E-state index in [-0.39, 0.29) is 12.5 Å². The Balaban J connectivity index is 3.66. The molecule has 4 nitrogen and oxygen atoms in total. The zero-order chi connectivity index (χ0) is 45.6. The average molecular weight is 872 g/mol. The minimum atomic E-state index is -0.882. The van der Waals surface area contributed by atoms with Gasteiger partial charge in [0.25, 0.3) is 0 Å². The van der Waals surface area contributed by atoms with Gasteiger partial charge in [-0.2, -0.15) is 0 Å². The van der Waals surface area contributed by atoms with Crippen molar-refractivity contribution in [3.8, 4) is 0 Å². The molecule has 360 valence electrons. The Kier molecular flexibility index (Phi) is 50.9. The van der Waals surface area contributed by atoms with Gasteiger partial charge in [-0.15, -0.1) is 0 Å². The van der Waals surface area contributed by atoms with Gasteiger partial charge in [-0.3, -0.25) is 4.79 Å². The third-order valence-electron chi connectivity index (χ3n) is 11.5. The fourth-order valence-electron chi connectivity index (χ4n) is 7.45. The van der Waals surface area contributed by atoms with Crippen LogP contribution in [0.25, 0.3) is 0 Å². The first-order valence-electron chi connectivity index (χ1n) is 26.6. The Morgan fingerprint density at radius 3 is 1.11 bits per heavy atom. The molecule has 0 aromatic rings. The van der Waals surface area contributed by atoms with Crippen molar-refractivity contribution >= 4 is 5.91 Å². The summed E-state index contributed by atoms with van der Waals surface area (Å²) in [7, 11) is 0. The third kappa shape index (κ3) is 49.9. The number of aliphatic hydroxyl groups excluding tert-OH is 2. The molecule has 0 aromatic carbocycles. The maximum atomic E-state index is 12.5. The maximum absolute atomic E-state index is 12.5. The molecule has 2 unspecified atom stereocenters. The molecule has 0 heterocycles. The first-order valence-corrected chi connectivity index (χ1v) is 26.6. The minimum absolute atomic E-state index is 0.0903. The summed E-state index contributed by atoms with van der Waals surface area (Å²) in [5.74, 6) is -0.0903. The summed E-state index contributed by atoms with van der Waals surface area (Å²) in [5, 5.41) is 23.1. The summed E-state index contributed by atoms with van der Waals surface area (Å²) < 4.78 is 0. The minimum Gasteiger partial charge on any atom is -0.394 e. The highest BCUT2D eigenvalue weighted by Crippen LogP contribution is 2.14. The number of aliphatic hydroxyl groups is 2. The number of allylic oxidation sites excluding steroid dienone is 17. The second-order valence-electron chi connectivity index (χ2n) is 17.5. The van der Waals surface area contributed by atoms with Crippen molar-refractivity contribution in [2.24, 2.45) is 0 Å². The van der Waals surface area contributed by atoms with Crippen LogP contribution in [0, 0.1) is 0 Å². The van der Waals surface area contributed by atoms with E-state index in [2.05, 4.69) is 116 Å². The van der Waals surface area contributed by atoms with Gasteiger partial charge in [-0.1, -0.05) is 245 Å². The zero-order valence-electron chi connectivity index (χ0n) is 41.3. The lowest BCUT2D eigenvalue weighted by Gasteiger charge is -2.19. The van der Waals surface area contributed by atoms with E-state index in [0.717, 1.165) is 89.9 Å². The number of hydrogen-bond acceptors (Lipinski definition) is 3. The van der Waals surface area contributed by atoms with Crippen molar-refractivity contribution in [1.29, 1.82) is 0 Å². The summed E-state index contributed by atoms with van der Waals surface area (Å²) in [6.45, 7) is 4.18. The third-order valence-corrected chi connectivity index (χ3v) is 11.5. The summed E-state index contributed by atoms with van der Waals surface area (Å²) in [5.41, 5.74) is 0. The van der Waals surface area contributed by atoms with E-state index >= 15 is 0 Å². The lowest BCUT2D eigenvalue weighted by molar-refractivity contribution is -0.123. The van der Waals surface area contributed by atoms with Crippen molar-refractivity contribution in [2.75, 3.05) is 6.61 Å². The van der Waals surface area contributed by atoms with Gasteiger partial charge in [0.15, 0.2) is 0 Å². The monoisotopic (exact) mass is 872 g/mol. The zero-order valence-corrected chi connectivity index (χ0v) is 41.3. The molecule has 3 N–H and O–H groups in total. The Morgan fingerprint density at radius 2 is 0.714 bits per heavy atom. The topological polar surface area (TPSA) is 69.6 Å². The molecule has 1 amide bonds. The first-order chi connectivity index (χ1) is 31.2. The molecule has 0 aliphatic rings.